The van der Waals surface area contributed by atoms with Crippen molar-refractivity contribution < 1.29 is 34.2 Å². The molecule has 10 heteroatoms. The summed E-state index contributed by atoms with van der Waals surface area (Å²) in [6.45, 7) is -0.350. The monoisotopic (exact) mass is 346 g/mol. The van der Waals surface area contributed by atoms with Crippen molar-refractivity contribution in [1.29, 1.82) is 0 Å². The molecule has 0 aliphatic carbocycles. The molecule has 0 N–H and O–H groups in total. The van der Waals surface area contributed by atoms with Crippen LogP contribution in [0.4, 0.5) is 13.2 Å². The molecule has 0 saturated heterocycles. The SMILES string of the molecule is CS(=O)(=O)OCCCS(=O)(=O)c1cccc(C(F)(F)F)c1. The Kier molecular flexibility index (Phi) is 5.40. The highest BCUT2D eigenvalue weighted by atomic mass is 32.2. The molecule has 0 aromatic heterocycles. The predicted molar refractivity (Wildman–Crippen MR) is 68.9 cm³/mol. The molecule has 1 aromatic carbocycles. The number of halogens is 3. The average Bonchev–Trinajstić information content (AvgIpc) is 2.33. The van der Waals surface area contributed by atoms with Crippen LogP contribution in [0.25, 0.3) is 0 Å². The summed E-state index contributed by atoms with van der Waals surface area (Å²) in [6, 6.07) is 3.38. The van der Waals surface area contributed by atoms with Gasteiger partial charge in [0.15, 0.2) is 9.84 Å². The average molecular weight is 346 g/mol. The van der Waals surface area contributed by atoms with Crippen LogP contribution in [0.15, 0.2) is 29.2 Å². The third kappa shape index (κ3) is 6.02. The highest BCUT2D eigenvalue weighted by molar-refractivity contribution is 7.91. The van der Waals surface area contributed by atoms with Crippen LogP contribution < -0.4 is 0 Å². The summed E-state index contributed by atoms with van der Waals surface area (Å²) in [4.78, 5) is -0.461. The molecule has 0 aliphatic rings. The largest absolute Gasteiger partial charge is 0.416 e. The number of hydrogen-bond acceptors (Lipinski definition) is 5. The molecule has 0 heterocycles. The van der Waals surface area contributed by atoms with E-state index in [9.17, 15) is 30.0 Å². The smallest absolute Gasteiger partial charge is 0.270 e. The molecule has 1 aromatic rings. The minimum atomic E-state index is -4.63. The first-order valence-corrected chi connectivity index (χ1v) is 9.13. The van der Waals surface area contributed by atoms with Gasteiger partial charge < -0.3 is 0 Å². The standard InChI is InChI=1S/C11H13F3O5S2/c1-20(15,16)19-6-3-7-21(17,18)10-5-2-4-9(8-10)11(12,13)14/h2,4-5,8H,3,6-7H2,1H3. The minimum absolute atomic E-state index is 0.147. The fraction of sp³-hybridized carbons (Fsp3) is 0.455. The molecule has 21 heavy (non-hydrogen) atoms. The van der Waals surface area contributed by atoms with Gasteiger partial charge in [0.25, 0.3) is 10.1 Å². The Morgan fingerprint density at radius 2 is 1.76 bits per heavy atom. The van der Waals surface area contributed by atoms with Gasteiger partial charge in [-0.3, -0.25) is 4.18 Å². The van der Waals surface area contributed by atoms with Crippen LogP contribution in [0.5, 0.6) is 0 Å². The first-order chi connectivity index (χ1) is 9.42. The molecule has 0 aliphatic heterocycles. The molecule has 0 atom stereocenters. The van der Waals surface area contributed by atoms with Gasteiger partial charge >= 0.3 is 6.18 Å². The number of benzene rings is 1. The van der Waals surface area contributed by atoms with Gasteiger partial charge in [0.1, 0.15) is 0 Å². The van der Waals surface area contributed by atoms with Gasteiger partial charge in [-0.2, -0.15) is 21.6 Å². The molecular formula is C11H13F3O5S2. The van der Waals surface area contributed by atoms with E-state index in [2.05, 4.69) is 4.18 Å². The Balaban J connectivity index is 2.80. The van der Waals surface area contributed by atoms with Crippen molar-refractivity contribution in [1.82, 2.24) is 0 Å². The van der Waals surface area contributed by atoms with Gasteiger partial charge in [0, 0.05) is 0 Å². The van der Waals surface area contributed by atoms with Crippen LogP contribution in [0.1, 0.15) is 12.0 Å². The summed E-state index contributed by atoms with van der Waals surface area (Å²) in [5.74, 6) is -0.510. The highest BCUT2D eigenvalue weighted by Gasteiger charge is 2.31. The molecule has 0 amide bonds. The van der Waals surface area contributed by atoms with Gasteiger partial charge in [-0.25, -0.2) is 8.42 Å². The lowest BCUT2D eigenvalue weighted by molar-refractivity contribution is -0.137. The van der Waals surface area contributed by atoms with Crippen LogP contribution in [-0.2, 0) is 30.3 Å². The van der Waals surface area contributed by atoms with Crippen LogP contribution in [0.3, 0.4) is 0 Å². The van der Waals surface area contributed by atoms with Crippen LogP contribution in [0.2, 0.25) is 0 Å². The molecule has 1 rings (SSSR count). The number of hydrogen-bond donors (Lipinski definition) is 0. The van der Waals surface area contributed by atoms with Crippen molar-refractivity contribution >= 4 is 20.0 Å². The quantitative estimate of drug-likeness (QED) is 0.580. The molecule has 0 saturated carbocycles. The molecule has 0 spiro atoms. The van der Waals surface area contributed by atoms with E-state index >= 15 is 0 Å². The van der Waals surface area contributed by atoms with Crippen molar-refractivity contribution in [3.63, 3.8) is 0 Å². The number of alkyl halides is 3. The maximum absolute atomic E-state index is 12.5. The zero-order valence-corrected chi connectivity index (χ0v) is 12.6. The molecule has 5 nitrogen and oxygen atoms in total. The molecule has 0 bridgehead atoms. The first kappa shape index (κ1) is 17.9. The van der Waals surface area contributed by atoms with Crippen molar-refractivity contribution in [2.75, 3.05) is 18.6 Å². The zero-order chi connectivity index (χ0) is 16.3. The lowest BCUT2D eigenvalue weighted by Gasteiger charge is -2.09. The van der Waals surface area contributed by atoms with Crippen molar-refractivity contribution in [3.8, 4) is 0 Å². The van der Waals surface area contributed by atoms with Crippen molar-refractivity contribution in [3.05, 3.63) is 29.8 Å². The van der Waals surface area contributed by atoms with Crippen LogP contribution >= 0.6 is 0 Å². The Bertz CT molecular complexity index is 693. The van der Waals surface area contributed by atoms with E-state index in [0.29, 0.717) is 6.07 Å². The summed E-state index contributed by atoms with van der Waals surface area (Å²) < 4.78 is 87.0. The Labute approximate surface area is 120 Å². The Hall–Kier alpha value is -1.13. The van der Waals surface area contributed by atoms with Gasteiger partial charge in [0.05, 0.1) is 29.1 Å². The maximum Gasteiger partial charge on any atom is 0.416 e. The topological polar surface area (TPSA) is 77.5 Å². The van der Waals surface area contributed by atoms with Gasteiger partial charge in [0.2, 0.25) is 0 Å². The highest BCUT2D eigenvalue weighted by Crippen LogP contribution is 2.30. The summed E-state index contributed by atoms with van der Waals surface area (Å²) in [7, 11) is -7.61. The minimum Gasteiger partial charge on any atom is -0.270 e. The van der Waals surface area contributed by atoms with Crippen molar-refractivity contribution in [2.24, 2.45) is 0 Å². The Morgan fingerprint density at radius 1 is 1.14 bits per heavy atom. The summed E-state index contributed by atoms with van der Waals surface area (Å²) >= 11 is 0. The lowest BCUT2D eigenvalue weighted by atomic mass is 10.2. The van der Waals surface area contributed by atoms with E-state index in [1.54, 1.807) is 0 Å². The van der Waals surface area contributed by atoms with E-state index in [-0.39, 0.29) is 13.0 Å². The van der Waals surface area contributed by atoms with Gasteiger partial charge in [-0.1, -0.05) is 6.07 Å². The molecule has 120 valence electrons. The predicted octanol–water partition coefficient (Wildman–Crippen LogP) is 1.85. The van der Waals surface area contributed by atoms with Crippen LogP contribution in [0, 0.1) is 0 Å². The molecular weight excluding hydrogens is 333 g/mol. The number of rotatable bonds is 6. The summed E-state index contributed by atoms with van der Waals surface area (Å²) in [6.07, 6.45) is -3.97. The normalized spacial score (nSPS) is 13.3. The fourth-order valence-electron chi connectivity index (χ4n) is 1.44. The van der Waals surface area contributed by atoms with Gasteiger partial charge in [-0.15, -0.1) is 0 Å². The third-order valence-corrected chi connectivity index (χ3v) is 4.77. The summed E-state index contributed by atoms with van der Waals surface area (Å²) in [5, 5.41) is 0. The fourth-order valence-corrected chi connectivity index (χ4v) is 3.19. The maximum atomic E-state index is 12.5. The van der Waals surface area contributed by atoms with Gasteiger partial charge in [-0.05, 0) is 24.6 Å². The molecule has 0 radical (unpaired) electrons. The lowest BCUT2D eigenvalue weighted by Crippen LogP contribution is -2.13. The third-order valence-electron chi connectivity index (χ3n) is 2.38. The zero-order valence-electron chi connectivity index (χ0n) is 10.9. The second kappa shape index (κ2) is 6.32. The molecule has 0 unspecified atom stereocenters. The Morgan fingerprint density at radius 3 is 2.29 bits per heavy atom. The summed E-state index contributed by atoms with van der Waals surface area (Å²) in [5.41, 5.74) is -1.06. The van der Waals surface area contributed by atoms with E-state index in [1.165, 1.54) is 0 Å². The molecule has 0 fully saturated rings. The van der Waals surface area contributed by atoms with E-state index < -0.39 is 42.3 Å². The van der Waals surface area contributed by atoms with E-state index in [4.69, 9.17) is 0 Å². The second-order valence-corrected chi connectivity index (χ2v) is 7.98. The van der Waals surface area contributed by atoms with E-state index in [1.807, 2.05) is 0 Å². The van der Waals surface area contributed by atoms with Crippen LogP contribution in [-0.4, -0.2) is 35.5 Å². The van der Waals surface area contributed by atoms with Crippen molar-refractivity contribution in [2.45, 2.75) is 17.5 Å². The first-order valence-electron chi connectivity index (χ1n) is 5.66. The van der Waals surface area contributed by atoms with E-state index in [0.717, 1.165) is 24.5 Å². The second-order valence-electron chi connectivity index (χ2n) is 4.22. The number of sulfone groups is 1.